The lowest BCUT2D eigenvalue weighted by atomic mass is 9.80. The first kappa shape index (κ1) is 8.42. The Balaban J connectivity index is 2.26. The predicted molar refractivity (Wildman–Crippen MR) is 51.3 cm³/mol. The van der Waals surface area contributed by atoms with Gasteiger partial charge in [-0.3, -0.25) is 0 Å². The molecule has 0 unspecified atom stereocenters. The molecule has 70 valence electrons. The highest BCUT2D eigenvalue weighted by Crippen LogP contribution is 2.39. The molecule has 0 radical (unpaired) electrons. The summed E-state index contributed by atoms with van der Waals surface area (Å²) in [5, 5.41) is 9.38. The quantitative estimate of drug-likeness (QED) is 0.754. The fourth-order valence-electron chi connectivity index (χ4n) is 1.69. The molecule has 1 N–H and O–H groups in total. The second-order valence-corrected chi connectivity index (χ2v) is 3.56. The van der Waals surface area contributed by atoms with Gasteiger partial charge in [-0.2, -0.15) is 0 Å². The average Bonchev–Trinajstić information content (AvgIpc) is 2.05. The van der Waals surface area contributed by atoms with Crippen molar-refractivity contribution in [2.24, 2.45) is 0 Å². The van der Waals surface area contributed by atoms with Gasteiger partial charge in [-0.1, -0.05) is 12.5 Å². The number of rotatable bonds is 2. The van der Waals surface area contributed by atoms with Crippen LogP contribution in [0.4, 0.5) is 0 Å². The van der Waals surface area contributed by atoms with Crippen LogP contribution in [0, 0.1) is 0 Å². The molecule has 0 bridgehead atoms. The van der Waals surface area contributed by atoms with Gasteiger partial charge in [-0.25, -0.2) is 0 Å². The lowest BCUT2D eigenvalue weighted by Crippen LogP contribution is -2.08. The third-order valence-corrected chi connectivity index (χ3v) is 2.78. The fraction of sp³-hybridized carbons (Fsp3) is 0.455. The molecule has 0 aliphatic heterocycles. The molecule has 0 amide bonds. The molecule has 13 heavy (non-hydrogen) atoms. The second-order valence-electron chi connectivity index (χ2n) is 3.56. The largest absolute Gasteiger partial charge is 0.504 e. The standard InChI is InChI=1S/C11H14O2/c1-13-11-7-9(5-6-10(11)12)8-3-2-4-8/h5-8,12H,2-4H2,1H3. The average molecular weight is 178 g/mol. The number of aromatic hydroxyl groups is 1. The van der Waals surface area contributed by atoms with Crippen molar-refractivity contribution in [2.75, 3.05) is 7.11 Å². The third-order valence-electron chi connectivity index (χ3n) is 2.78. The molecule has 0 saturated heterocycles. The van der Waals surface area contributed by atoms with E-state index in [-0.39, 0.29) is 5.75 Å². The van der Waals surface area contributed by atoms with Crippen LogP contribution in [-0.2, 0) is 0 Å². The zero-order chi connectivity index (χ0) is 9.26. The lowest BCUT2D eigenvalue weighted by molar-refractivity contribution is 0.369. The molecule has 0 atom stereocenters. The van der Waals surface area contributed by atoms with Crippen LogP contribution in [0.3, 0.4) is 0 Å². The van der Waals surface area contributed by atoms with Crippen molar-refractivity contribution in [3.8, 4) is 11.5 Å². The maximum atomic E-state index is 9.38. The van der Waals surface area contributed by atoms with Gasteiger partial charge in [-0.05, 0) is 36.5 Å². The summed E-state index contributed by atoms with van der Waals surface area (Å²) >= 11 is 0. The first-order valence-electron chi connectivity index (χ1n) is 4.68. The first-order valence-corrected chi connectivity index (χ1v) is 4.68. The molecule has 2 rings (SSSR count). The summed E-state index contributed by atoms with van der Waals surface area (Å²) in [6, 6.07) is 5.65. The number of phenolic OH excluding ortho intramolecular Hbond substituents is 1. The van der Waals surface area contributed by atoms with E-state index in [1.54, 1.807) is 13.2 Å². The van der Waals surface area contributed by atoms with Crippen LogP contribution in [-0.4, -0.2) is 12.2 Å². The fourth-order valence-corrected chi connectivity index (χ4v) is 1.69. The van der Waals surface area contributed by atoms with Gasteiger partial charge in [0.25, 0.3) is 0 Å². The van der Waals surface area contributed by atoms with E-state index in [4.69, 9.17) is 4.74 Å². The molecule has 1 aliphatic rings. The third kappa shape index (κ3) is 1.48. The number of hydrogen-bond acceptors (Lipinski definition) is 2. The summed E-state index contributed by atoms with van der Waals surface area (Å²) < 4.78 is 5.05. The number of phenols is 1. The molecule has 2 heteroatoms. The maximum Gasteiger partial charge on any atom is 0.160 e. The van der Waals surface area contributed by atoms with Crippen molar-refractivity contribution in [1.82, 2.24) is 0 Å². The van der Waals surface area contributed by atoms with Crippen LogP contribution in [0.25, 0.3) is 0 Å². The number of hydrogen-bond donors (Lipinski definition) is 1. The van der Waals surface area contributed by atoms with E-state index >= 15 is 0 Å². The Bertz CT molecular complexity index is 303. The zero-order valence-electron chi connectivity index (χ0n) is 7.79. The highest BCUT2D eigenvalue weighted by atomic mass is 16.5. The Hall–Kier alpha value is -1.18. The van der Waals surface area contributed by atoms with E-state index in [2.05, 4.69) is 0 Å². The van der Waals surface area contributed by atoms with Crippen LogP contribution in [0.2, 0.25) is 0 Å². The van der Waals surface area contributed by atoms with Crippen molar-refractivity contribution in [1.29, 1.82) is 0 Å². The van der Waals surface area contributed by atoms with Gasteiger partial charge >= 0.3 is 0 Å². The molecule has 1 saturated carbocycles. The normalized spacial score (nSPS) is 16.7. The molecule has 1 aromatic rings. The number of ether oxygens (including phenoxy) is 1. The molecular weight excluding hydrogens is 164 g/mol. The van der Waals surface area contributed by atoms with E-state index < -0.39 is 0 Å². The van der Waals surface area contributed by atoms with Gasteiger partial charge < -0.3 is 9.84 Å². The van der Waals surface area contributed by atoms with Gasteiger partial charge in [-0.15, -0.1) is 0 Å². The molecule has 1 aromatic carbocycles. The van der Waals surface area contributed by atoms with Crippen molar-refractivity contribution in [2.45, 2.75) is 25.2 Å². The SMILES string of the molecule is COc1cc(C2CCC2)ccc1O. The minimum absolute atomic E-state index is 0.227. The van der Waals surface area contributed by atoms with Crippen LogP contribution in [0.15, 0.2) is 18.2 Å². The molecule has 0 heterocycles. The summed E-state index contributed by atoms with van der Waals surface area (Å²) in [6.45, 7) is 0. The Morgan fingerprint density at radius 2 is 2.15 bits per heavy atom. The van der Waals surface area contributed by atoms with Crippen molar-refractivity contribution < 1.29 is 9.84 Å². The van der Waals surface area contributed by atoms with Gasteiger partial charge in [0.2, 0.25) is 0 Å². The topological polar surface area (TPSA) is 29.5 Å². The minimum atomic E-state index is 0.227. The van der Waals surface area contributed by atoms with E-state index in [0.29, 0.717) is 11.7 Å². The molecule has 1 aliphatic carbocycles. The van der Waals surface area contributed by atoms with E-state index in [1.165, 1.54) is 24.8 Å². The number of benzene rings is 1. The van der Waals surface area contributed by atoms with Gasteiger partial charge in [0, 0.05) is 0 Å². The molecule has 1 fully saturated rings. The summed E-state index contributed by atoms with van der Waals surface area (Å²) in [7, 11) is 1.58. The second kappa shape index (κ2) is 3.29. The van der Waals surface area contributed by atoms with E-state index in [9.17, 15) is 5.11 Å². The Morgan fingerprint density at radius 3 is 2.69 bits per heavy atom. The first-order chi connectivity index (χ1) is 6.31. The zero-order valence-corrected chi connectivity index (χ0v) is 7.79. The van der Waals surface area contributed by atoms with Crippen LogP contribution >= 0.6 is 0 Å². The van der Waals surface area contributed by atoms with Gasteiger partial charge in [0.1, 0.15) is 0 Å². The Kier molecular flexibility index (Phi) is 2.13. The molecule has 2 nitrogen and oxygen atoms in total. The predicted octanol–water partition coefficient (Wildman–Crippen LogP) is 2.67. The highest BCUT2D eigenvalue weighted by molar-refractivity contribution is 5.43. The number of methoxy groups -OCH3 is 1. The van der Waals surface area contributed by atoms with E-state index in [1.807, 2.05) is 12.1 Å². The summed E-state index contributed by atoms with van der Waals surface area (Å²) in [4.78, 5) is 0. The lowest BCUT2D eigenvalue weighted by Gasteiger charge is -2.26. The Morgan fingerprint density at radius 1 is 1.38 bits per heavy atom. The van der Waals surface area contributed by atoms with Crippen LogP contribution < -0.4 is 4.74 Å². The summed E-state index contributed by atoms with van der Waals surface area (Å²) in [5.74, 6) is 1.50. The van der Waals surface area contributed by atoms with Gasteiger partial charge in [0.15, 0.2) is 11.5 Å². The molecule has 0 spiro atoms. The summed E-state index contributed by atoms with van der Waals surface area (Å²) in [5.41, 5.74) is 1.29. The van der Waals surface area contributed by atoms with E-state index in [0.717, 1.165) is 0 Å². The highest BCUT2D eigenvalue weighted by Gasteiger charge is 2.20. The van der Waals surface area contributed by atoms with Crippen molar-refractivity contribution in [3.05, 3.63) is 23.8 Å². The Labute approximate surface area is 78.2 Å². The van der Waals surface area contributed by atoms with Gasteiger partial charge in [0.05, 0.1) is 7.11 Å². The van der Waals surface area contributed by atoms with Crippen molar-refractivity contribution in [3.63, 3.8) is 0 Å². The molecular formula is C11H14O2. The maximum absolute atomic E-state index is 9.38. The summed E-state index contributed by atoms with van der Waals surface area (Å²) in [6.07, 6.45) is 3.87. The minimum Gasteiger partial charge on any atom is -0.504 e. The van der Waals surface area contributed by atoms with Crippen LogP contribution in [0.5, 0.6) is 11.5 Å². The van der Waals surface area contributed by atoms with Crippen molar-refractivity contribution >= 4 is 0 Å². The monoisotopic (exact) mass is 178 g/mol. The smallest absolute Gasteiger partial charge is 0.160 e. The van der Waals surface area contributed by atoms with Crippen LogP contribution in [0.1, 0.15) is 30.7 Å². The molecule has 0 aromatic heterocycles.